The van der Waals surface area contributed by atoms with E-state index >= 15 is 0 Å². The highest BCUT2D eigenvalue weighted by Crippen LogP contribution is 2.29. The first-order chi connectivity index (χ1) is 12.5. The maximum absolute atomic E-state index is 12.7. The van der Waals surface area contributed by atoms with Gasteiger partial charge in [-0.25, -0.2) is 9.78 Å². The number of aromatic nitrogens is 1. The lowest BCUT2D eigenvalue weighted by molar-refractivity contribution is 0.102. The highest BCUT2D eigenvalue weighted by Gasteiger charge is 2.16. The predicted molar refractivity (Wildman–Crippen MR) is 101 cm³/mol. The van der Waals surface area contributed by atoms with Crippen LogP contribution in [0.1, 0.15) is 15.9 Å². The highest BCUT2D eigenvalue weighted by molar-refractivity contribution is 7.22. The molecule has 1 amide bonds. The monoisotopic (exact) mass is 366 g/mol. The van der Waals surface area contributed by atoms with E-state index in [2.05, 4.69) is 10.3 Å². The summed E-state index contributed by atoms with van der Waals surface area (Å²) in [6.45, 7) is 1.97. The second-order valence-electron chi connectivity index (χ2n) is 5.74. The number of thiazole rings is 1. The molecule has 0 spiro atoms. The van der Waals surface area contributed by atoms with Gasteiger partial charge in [-0.1, -0.05) is 23.5 Å². The van der Waals surface area contributed by atoms with Gasteiger partial charge in [0.15, 0.2) is 5.13 Å². The number of carbonyl (C=O) groups excluding carboxylic acids is 1. The zero-order chi connectivity index (χ0) is 18.3. The summed E-state index contributed by atoms with van der Waals surface area (Å²) >= 11 is 1.39. The summed E-state index contributed by atoms with van der Waals surface area (Å²) in [5.74, 6) is 0.129. The molecular formula is C19H14N2O4S. The molecule has 0 saturated carbocycles. The Kier molecular flexibility index (Phi) is 3.93. The molecule has 0 aliphatic carbocycles. The van der Waals surface area contributed by atoms with Gasteiger partial charge >= 0.3 is 5.63 Å². The lowest BCUT2D eigenvalue weighted by Gasteiger charge is -2.06. The van der Waals surface area contributed by atoms with Crippen LogP contribution in [0, 0.1) is 6.92 Å². The predicted octanol–water partition coefficient (Wildman–Crippen LogP) is 3.97. The van der Waals surface area contributed by atoms with Crippen LogP contribution in [0.4, 0.5) is 5.13 Å². The molecular weight excluding hydrogens is 352 g/mol. The third kappa shape index (κ3) is 2.82. The van der Waals surface area contributed by atoms with E-state index in [0.29, 0.717) is 21.9 Å². The molecule has 7 heteroatoms. The smallest absolute Gasteiger partial charge is 0.337 e. The van der Waals surface area contributed by atoms with Crippen molar-refractivity contribution < 1.29 is 13.9 Å². The lowest BCUT2D eigenvalue weighted by atomic mass is 10.1. The molecule has 2 aromatic heterocycles. The fourth-order valence-electron chi connectivity index (χ4n) is 2.76. The fourth-order valence-corrected chi connectivity index (χ4v) is 3.70. The number of methoxy groups -OCH3 is 1. The van der Waals surface area contributed by atoms with Crippen molar-refractivity contribution in [3.8, 4) is 5.75 Å². The fraction of sp³-hybridized carbons (Fsp3) is 0.105. The molecule has 0 aliphatic rings. The van der Waals surface area contributed by atoms with Crippen molar-refractivity contribution in [1.29, 1.82) is 0 Å². The van der Waals surface area contributed by atoms with Crippen LogP contribution in [0.15, 0.2) is 51.7 Å². The Bertz CT molecular complexity index is 1210. The summed E-state index contributed by atoms with van der Waals surface area (Å²) in [4.78, 5) is 29.1. The molecule has 26 heavy (non-hydrogen) atoms. The van der Waals surface area contributed by atoms with Crippen LogP contribution in [-0.4, -0.2) is 18.0 Å². The van der Waals surface area contributed by atoms with Crippen LogP contribution in [0.25, 0.3) is 21.2 Å². The van der Waals surface area contributed by atoms with Crippen LogP contribution in [0.3, 0.4) is 0 Å². The molecule has 0 aliphatic heterocycles. The summed E-state index contributed by atoms with van der Waals surface area (Å²) in [6, 6.07) is 12.0. The van der Waals surface area contributed by atoms with E-state index in [-0.39, 0.29) is 5.56 Å². The van der Waals surface area contributed by atoms with Crippen molar-refractivity contribution in [2.45, 2.75) is 6.92 Å². The maximum atomic E-state index is 12.7. The van der Waals surface area contributed by atoms with Gasteiger partial charge < -0.3 is 9.15 Å². The molecule has 0 fully saturated rings. The van der Waals surface area contributed by atoms with E-state index in [1.54, 1.807) is 18.2 Å². The van der Waals surface area contributed by atoms with Crippen LogP contribution < -0.4 is 15.7 Å². The number of amides is 1. The zero-order valence-corrected chi connectivity index (χ0v) is 14.8. The summed E-state index contributed by atoms with van der Waals surface area (Å²) in [7, 11) is 1.52. The van der Waals surface area contributed by atoms with E-state index in [4.69, 9.17) is 9.15 Å². The number of para-hydroxylation sites is 1. The number of rotatable bonds is 3. The van der Waals surface area contributed by atoms with Crippen molar-refractivity contribution in [2.75, 3.05) is 12.4 Å². The third-order valence-electron chi connectivity index (χ3n) is 4.04. The number of nitrogens with zero attached hydrogens (tertiary/aromatic N) is 1. The van der Waals surface area contributed by atoms with E-state index in [9.17, 15) is 9.59 Å². The van der Waals surface area contributed by atoms with E-state index in [1.807, 2.05) is 25.1 Å². The van der Waals surface area contributed by atoms with Gasteiger partial charge in [0.1, 0.15) is 11.3 Å². The Morgan fingerprint density at radius 1 is 1.23 bits per heavy atom. The molecule has 2 aromatic carbocycles. The molecule has 0 saturated heterocycles. The topological polar surface area (TPSA) is 81.4 Å². The normalized spacial score (nSPS) is 11.0. The SMILES string of the molecule is COc1ccc2c(C(=O)Nc3nc4c(C)cccc4s3)cc(=O)oc2c1. The van der Waals surface area contributed by atoms with Gasteiger partial charge in [-0.2, -0.15) is 0 Å². The van der Waals surface area contributed by atoms with Gasteiger partial charge in [0.25, 0.3) is 5.91 Å². The summed E-state index contributed by atoms with van der Waals surface area (Å²) in [6.07, 6.45) is 0. The molecule has 0 atom stereocenters. The molecule has 130 valence electrons. The van der Waals surface area contributed by atoms with Crippen molar-refractivity contribution in [3.05, 3.63) is 64.0 Å². The van der Waals surface area contributed by atoms with Crippen LogP contribution in [0.5, 0.6) is 5.75 Å². The van der Waals surface area contributed by atoms with E-state index in [0.717, 1.165) is 15.8 Å². The average molecular weight is 366 g/mol. The number of anilines is 1. The van der Waals surface area contributed by atoms with Gasteiger partial charge in [0, 0.05) is 17.5 Å². The van der Waals surface area contributed by atoms with Gasteiger partial charge in [0.2, 0.25) is 0 Å². The van der Waals surface area contributed by atoms with Crippen molar-refractivity contribution >= 4 is 43.6 Å². The number of ether oxygens (including phenoxy) is 1. The van der Waals surface area contributed by atoms with Gasteiger partial charge in [-0.3, -0.25) is 10.1 Å². The highest BCUT2D eigenvalue weighted by atomic mass is 32.1. The molecule has 0 radical (unpaired) electrons. The Morgan fingerprint density at radius 3 is 2.85 bits per heavy atom. The van der Waals surface area contributed by atoms with E-state index in [1.165, 1.54) is 24.5 Å². The summed E-state index contributed by atoms with van der Waals surface area (Å²) in [5, 5.41) is 3.79. The minimum Gasteiger partial charge on any atom is -0.497 e. The second kappa shape index (κ2) is 6.27. The molecule has 2 heterocycles. The Hall–Kier alpha value is -3.19. The number of fused-ring (bicyclic) bond motifs is 2. The minimum absolute atomic E-state index is 0.231. The van der Waals surface area contributed by atoms with Crippen LogP contribution in [0.2, 0.25) is 0 Å². The van der Waals surface area contributed by atoms with Crippen LogP contribution in [-0.2, 0) is 0 Å². The number of aryl methyl sites for hydroxylation is 1. The largest absolute Gasteiger partial charge is 0.497 e. The number of nitrogens with one attached hydrogen (secondary N) is 1. The van der Waals surface area contributed by atoms with E-state index < -0.39 is 11.5 Å². The molecule has 0 unspecified atom stereocenters. The standard InChI is InChI=1S/C19H14N2O4S/c1-10-4-3-5-15-17(10)20-19(26-15)21-18(23)13-9-16(22)25-14-8-11(24-2)6-7-12(13)14/h3-9H,1-2H3,(H,20,21,23). The number of carbonyl (C=O) groups is 1. The van der Waals surface area contributed by atoms with Gasteiger partial charge in [-0.05, 0) is 30.7 Å². The molecule has 1 N–H and O–H groups in total. The Morgan fingerprint density at radius 2 is 2.08 bits per heavy atom. The second-order valence-corrected chi connectivity index (χ2v) is 6.77. The summed E-state index contributed by atoms with van der Waals surface area (Å²) < 4.78 is 11.3. The Labute approximate surface area is 152 Å². The summed E-state index contributed by atoms with van der Waals surface area (Å²) in [5.41, 5.74) is 1.82. The number of hydrogen-bond donors (Lipinski definition) is 1. The molecule has 4 rings (SSSR count). The van der Waals surface area contributed by atoms with Gasteiger partial charge in [-0.15, -0.1) is 0 Å². The van der Waals surface area contributed by atoms with Crippen LogP contribution >= 0.6 is 11.3 Å². The van der Waals surface area contributed by atoms with Crippen molar-refractivity contribution in [3.63, 3.8) is 0 Å². The van der Waals surface area contributed by atoms with Crippen molar-refractivity contribution in [1.82, 2.24) is 4.98 Å². The average Bonchev–Trinajstić information content (AvgIpc) is 3.04. The quantitative estimate of drug-likeness (QED) is 0.555. The number of hydrogen-bond acceptors (Lipinski definition) is 6. The number of benzene rings is 2. The Balaban J connectivity index is 1.75. The van der Waals surface area contributed by atoms with Gasteiger partial charge in [0.05, 0.1) is 22.9 Å². The lowest BCUT2D eigenvalue weighted by Crippen LogP contribution is -2.15. The third-order valence-corrected chi connectivity index (χ3v) is 4.97. The first-order valence-electron chi connectivity index (χ1n) is 7.84. The molecule has 6 nitrogen and oxygen atoms in total. The first-order valence-corrected chi connectivity index (χ1v) is 8.66. The maximum Gasteiger partial charge on any atom is 0.337 e. The zero-order valence-electron chi connectivity index (χ0n) is 14.0. The van der Waals surface area contributed by atoms with Crippen molar-refractivity contribution in [2.24, 2.45) is 0 Å². The first kappa shape index (κ1) is 16.3. The molecule has 4 aromatic rings. The molecule has 0 bridgehead atoms. The minimum atomic E-state index is -0.601.